The van der Waals surface area contributed by atoms with Crippen molar-refractivity contribution in [3.63, 3.8) is 0 Å². The van der Waals surface area contributed by atoms with Crippen LogP contribution in [0, 0.1) is 0 Å². The molecule has 0 saturated heterocycles. The van der Waals surface area contributed by atoms with E-state index >= 15 is 0 Å². The molecule has 0 unspecified atom stereocenters. The first-order valence-corrected chi connectivity index (χ1v) is 6.97. The molecule has 0 amide bonds. The Labute approximate surface area is 120 Å². The lowest BCUT2D eigenvalue weighted by molar-refractivity contribution is 0.399. The van der Waals surface area contributed by atoms with Crippen molar-refractivity contribution in [2.24, 2.45) is 0 Å². The maximum Gasteiger partial charge on any atom is 0.180 e. The van der Waals surface area contributed by atoms with Gasteiger partial charge in [0.1, 0.15) is 11.5 Å². The van der Waals surface area contributed by atoms with Gasteiger partial charge in [-0.2, -0.15) is 0 Å². The highest BCUT2D eigenvalue weighted by atomic mass is 32.1. The van der Waals surface area contributed by atoms with Crippen LogP contribution < -0.4 is 15.2 Å². The normalized spacial score (nSPS) is 10.7. The van der Waals surface area contributed by atoms with E-state index in [0.717, 1.165) is 33.5 Å². The third-order valence-electron chi connectivity index (χ3n) is 3.19. The summed E-state index contributed by atoms with van der Waals surface area (Å²) in [6.07, 6.45) is 0. The SMILES string of the molecule is COc1cc(OC)c2ccccc2c1-c1csc(N)n1. The van der Waals surface area contributed by atoms with E-state index in [2.05, 4.69) is 4.98 Å². The fraction of sp³-hybridized carbons (Fsp3) is 0.133. The predicted octanol–water partition coefficient (Wildman–Crippen LogP) is 3.56. The highest BCUT2D eigenvalue weighted by Crippen LogP contribution is 2.42. The minimum atomic E-state index is 0.543. The number of thiazole rings is 1. The lowest BCUT2D eigenvalue weighted by Crippen LogP contribution is -1.94. The van der Waals surface area contributed by atoms with Gasteiger partial charge in [0.05, 0.1) is 25.5 Å². The van der Waals surface area contributed by atoms with Gasteiger partial charge in [-0.25, -0.2) is 4.98 Å². The van der Waals surface area contributed by atoms with Crippen molar-refractivity contribution < 1.29 is 9.47 Å². The molecule has 0 spiro atoms. The Bertz CT molecular complexity index is 768. The van der Waals surface area contributed by atoms with Crippen LogP contribution in [-0.2, 0) is 0 Å². The molecular formula is C15H14N2O2S. The smallest absolute Gasteiger partial charge is 0.180 e. The number of nitrogen functional groups attached to an aromatic ring is 1. The summed E-state index contributed by atoms with van der Waals surface area (Å²) >= 11 is 1.42. The van der Waals surface area contributed by atoms with Crippen LogP contribution in [0.25, 0.3) is 22.0 Å². The summed E-state index contributed by atoms with van der Waals surface area (Å²) < 4.78 is 10.9. The van der Waals surface area contributed by atoms with E-state index < -0.39 is 0 Å². The van der Waals surface area contributed by atoms with Crippen molar-refractivity contribution in [1.29, 1.82) is 0 Å². The van der Waals surface area contributed by atoms with Gasteiger partial charge in [0, 0.05) is 16.8 Å². The van der Waals surface area contributed by atoms with Crippen molar-refractivity contribution in [3.8, 4) is 22.8 Å². The molecule has 20 heavy (non-hydrogen) atoms. The Morgan fingerprint density at radius 3 is 2.35 bits per heavy atom. The Morgan fingerprint density at radius 1 is 1.05 bits per heavy atom. The Morgan fingerprint density at radius 2 is 1.75 bits per heavy atom. The summed E-state index contributed by atoms with van der Waals surface area (Å²) in [6, 6.07) is 9.90. The fourth-order valence-corrected chi connectivity index (χ4v) is 2.87. The van der Waals surface area contributed by atoms with Crippen LogP contribution in [0.2, 0.25) is 0 Å². The minimum Gasteiger partial charge on any atom is -0.496 e. The van der Waals surface area contributed by atoms with Crippen LogP contribution in [0.3, 0.4) is 0 Å². The number of anilines is 1. The number of hydrogen-bond acceptors (Lipinski definition) is 5. The average Bonchev–Trinajstić information content (AvgIpc) is 2.91. The Hall–Kier alpha value is -2.27. The molecule has 0 bridgehead atoms. The van der Waals surface area contributed by atoms with Gasteiger partial charge in [-0.15, -0.1) is 11.3 Å². The number of methoxy groups -OCH3 is 2. The van der Waals surface area contributed by atoms with Crippen molar-refractivity contribution in [3.05, 3.63) is 35.7 Å². The fourth-order valence-electron chi connectivity index (χ4n) is 2.31. The molecule has 1 heterocycles. The summed E-state index contributed by atoms with van der Waals surface area (Å²) in [5.41, 5.74) is 7.51. The van der Waals surface area contributed by atoms with Gasteiger partial charge >= 0.3 is 0 Å². The monoisotopic (exact) mass is 286 g/mol. The summed E-state index contributed by atoms with van der Waals surface area (Å²) in [5, 5.41) is 4.54. The molecule has 4 nitrogen and oxygen atoms in total. The molecule has 0 saturated carbocycles. The molecule has 0 fully saturated rings. The van der Waals surface area contributed by atoms with Gasteiger partial charge in [-0.3, -0.25) is 0 Å². The Balaban J connectivity index is 2.40. The first-order chi connectivity index (χ1) is 9.74. The third-order valence-corrected chi connectivity index (χ3v) is 3.86. The van der Waals surface area contributed by atoms with Crippen molar-refractivity contribution in [1.82, 2.24) is 4.98 Å². The second-order valence-electron chi connectivity index (χ2n) is 4.27. The zero-order valence-corrected chi connectivity index (χ0v) is 12.0. The van der Waals surface area contributed by atoms with Gasteiger partial charge in [-0.05, 0) is 5.39 Å². The molecule has 1 aromatic heterocycles. The second kappa shape index (κ2) is 5.02. The maximum absolute atomic E-state index is 5.75. The lowest BCUT2D eigenvalue weighted by atomic mass is 10.0. The molecule has 0 aliphatic heterocycles. The Kier molecular flexibility index (Phi) is 3.20. The van der Waals surface area contributed by atoms with Gasteiger partial charge in [0.25, 0.3) is 0 Å². The van der Waals surface area contributed by atoms with E-state index in [-0.39, 0.29) is 0 Å². The van der Waals surface area contributed by atoms with Gasteiger partial charge in [-0.1, -0.05) is 24.3 Å². The standard InChI is InChI=1S/C15H14N2O2S/c1-18-12-7-13(19-2)14(11-8-20-15(16)17-11)10-6-4-3-5-9(10)12/h3-8H,1-2H3,(H2,16,17). The average molecular weight is 286 g/mol. The number of fused-ring (bicyclic) bond motifs is 1. The number of nitrogens with two attached hydrogens (primary N) is 1. The highest BCUT2D eigenvalue weighted by molar-refractivity contribution is 7.13. The van der Waals surface area contributed by atoms with Crippen LogP contribution in [-0.4, -0.2) is 19.2 Å². The van der Waals surface area contributed by atoms with Gasteiger partial charge in [0.2, 0.25) is 0 Å². The first-order valence-electron chi connectivity index (χ1n) is 6.09. The van der Waals surface area contributed by atoms with E-state index in [9.17, 15) is 0 Å². The molecule has 2 N–H and O–H groups in total. The van der Waals surface area contributed by atoms with E-state index in [1.807, 2.05) is 35.7 Å². The van der Waals surface area contributed by atoms with Crippen LogP contribution in [0.4, 0.5) is 5.13 Å². The predicted molar refractivity (Wildman–Crippen MR) is 82.6 cm³/mol. The summed E-state index contributed by atoms with van der Waals surface area (Å²) in [7, 11) is 3.30. The van der Waals surface area contributed by atoms with Crippen molar-refractivity contribution in [2.75, 3.05) is 20.0 Å². The number of aromatic nitrogens is 1. The topological polar surface area (TPSA) is 57.4 Å². The minimum absolute atomic E-state index is 0.543. The molecule has 0 aliphatic carbocycles. The maximum atomic E-state index is 5.75. The molecule has 0 radical (unpaired) electrons. The van der Waals surface area contributed by atoms with Gasteiger partial charge < -0.3 is 15.2 Å². The number of rotatable bonds is 3. The zero-order chi connectivity index (χ0) is 14.1. The number of ether oxygens (including phenoxy) is 2. The molecular weight excluding hydrogens is 272 g/mol. The largest absolute Gasteiger partial charge is 0.496 e. The van der Waals surface area contributed by atoms with Crippen molar-refractivity contribution in [2.45, 2.75) is 0 Å². The summed E-state index contributed by atoms with van der Waals surface area (Å²) in [6.45, 7) is 0. The van der Waals surface area contributed by atoms with Crippen LogP contribution in [0.15, 0.2) is 35.7 Å². The van der Waals surface area contributed by atoms with E-state index in [4.69, 9.17) is 15.2 Å². The molecule has 3 aromatic rings. The number of nitrogens with zero attached hydrogens (tertiary/aromatic N) is 1. The number of benzene rings is 2. The van der Waals surface area contributed by atoms with Gasteiger partial charge in [0.15, 0.2) is 5.13 Å². The molecule has 102 valence electrons. The zero-order valence-electron chi connectivity index (χ0n) is 11.2. The molecule has 0 aliphatic rings. The third kappa shape index (κ3) is 1.96. The van der Waals surface area contributed by atoms with Crippen LogP contribution in [0.1, 0.15) is 0 Å². The molecule has 5 heteroatoms. The number of hydrogen-bond donors (Lipinski definition) is 1. The summed E-state index contributed by atoms with van der Waals surface area (Å²) in [4.78, 5) is 4.37. The van der Waals surface area contributed by atoms with Crippen molar-refractivity contribution >= 4 is 27.2 Å². The van der Waals surface area contributed by atoms with E-state index in [0.29, 0.717) is 5.13 Å². The van der Waals surface area contributed by atoms with E-state index in [1.165, 1.54) is 11.3 Å². The quantitative estimate of drug-likeness (QED) is 0.799. The first kappa shape index (κ1) is 12.7. The van der Waals surface area contributed by atoms with E-state index in [1.54, 1.807) is 14.2 Å². The lowest BCUT2D eigenvalue weighted by Gasteiger charge is -2.13. The molecule has 2 aromatic carbocycles. The van der Waals surface area contributed by atoms with Crippen LogP contribution >= 0.6 is 11.3 Å². The second-order valence-corrected chi connectivity index (χ2v) is 5.16. The molecule has 0 atom stereocenters. The summed E-state index contributed by atoms with van der Waals surface area (Å²) in [5.74, 6) is 1.51. The molecule has 3 rings (SSSR count). The van der Waals surface area contributed by atoms with Crippen LogP contribution in [0.5, 0.6) is 11.5 Å². The highest BCUT2D eigenvalue weighted by Gasteiger charge is 2.16.